The molecule has 2 amide bonds. The molecule has 0 saturated carbocycles. The number of hydrogen-bond acceptors (Lipinski definition) is 5. The summed E-state index contributed by atoms with van der Waals surface area (Å²) in [5.41, 5.74) is 3.69. The first-order valence-corrected chi connectivity index (χ1v) is 10.3. The summed E-state index contributed by atoms with van der Waals surface area (Å²) in [6.45, 7) is 6.94. The maximum atomic E-state index is 12.6. The topological polar surface area (TPSA) is 68.6 Å². The van der Waals surface area contributed by atoms with Crippen LogP contribution < -0.4 is 0 Å². The number of nitrogens with zero attached hydrogens (tertiary/aromatic N) is 2. The molecule has 1 aromatic heterocycles. The van der Waals surface area contributed by atoms with Crippen molar-refractivity contribution in [2.75, 3.05) is 6.54 Å². The van der Waals surface area contributed by atoms with Gasteiger partial charge in [-0.05, 0) is 81.4 Å². The number of rotatable bonds is 5. The molecular weight excluding hydrogens is 412 g/mol. The summed E-state index contributed by atoms with van der Waals surface area (Å²) in [7, 11) is 0. The predicted octanol–water partition coefficient (Wildman–Crippen LogP) is 4.74. The van der Waals surface area contributed by atoms with Gasteiger partial charge in [0.2, 0.25) is 0 Å². The zero-order valence-corrected chi connectivity index (χ0v) is 18.1. The Balaban J connectivity index is 1.86. The Morgan fingerprint density at radius 3 is 2.48 bits per heavy atom. The van der Waals surface area contributed by atoms with Crippen molar-refractivity contribution in [1.82, 2.24) is 9.47 Å². The second-order valence-electron chi connectivity index (χ2n) is 6.94. The summed E-state index contributed by atoms with van der Waals surface area (Å²) in [6, 6.07) is 9.42. The van der Waals surface area contributed by atoms with Gasteiger partial charge in [0, 0.05) is 22.1 Å². The number of imide groups is 1. The summed E-state index contributed by atoms with van der Waals surface area (Å²) in [5, 5.41) is 0.176. The molecule has 0 spiro atoms. The predicted molar refractivity (Wildman–Crippen MR) is 114 cm³/mol. The average molecular weight is 433 g/mol. The standard InChI is InChI=1S/C21H21ClN2O4S/c1-12(2)28-19(25)11-23-20(26)18(29-21(23)27)10-15-9-13(3)24(14(15)4)17-7-5-16(22)6-8-17/h5-10,12H,11H2,1-4H3/b18-10-. The van der Waals surface area contributed by atoms with Crippen LogP contribution in [0.4, 0.5) is 4.79 Å². The molecule has 1 saturated heterocycles. The highest BCUT2D eigenvalue weighted by molar-refractivity contribution is 8.18. The Kier molecular flexibility index (Phi) is 6.19. The van der Waals surface area contributed by atoms with Crippen LogP contribution in [-0.2, 0) is 14.3 Å². The van der Waals surface area contributed by atoms with Crippen LogP contribution in [0.25, 0.3) is 11.8 Å². The molecule has 0 bridgehead atoms. The third-order valence-corrected chi connectivity index (χ3v) is 5.53. The van der Waals surface area contributed by atoms with Crippen LogP contribution in [0.1, 0.15) is 30.8 Å². The van der Waals surface area contributed by atoms with Gasteiger partial charge in [-0.25, -0.2) is 0 Å². The number of esters is 1. The molecule has 1 fully saturated rings. The minimum atomic E-state index is -0.607. The first-order chi connectivity index (χ1) is 13.7. The van der Waals surface area contributed by atoms with E-state index in [1.165, 1.54) is 0 Å². The maximum absolute atomic E-state index is 12.6. The number of benzene rings is 1. The number of ether oxygens (including phenoxy) is 1. The van der Waals surface area contributed by atoms with Gasteiger partial charge < -0.3 is 9.30 Å². The monoisotopic (exact) mass is 432 g/mol. The van der Waals surface area contributed by atoms with Crippen LogP contribution in [0.2, 0.25) is 5.02 Å². The van der Waals surface area contributed by atoms with Gasteiger partial charge in [0.15, 0.2) is 0 Å². The third-order valence-electron chi connectivity index (χ3n) is 4.37. The number of aryl methyl sites for hydroxylation is 1. The van der Waals surface area contributed by atoms with Gasteiger partial charge >= 0.3 is 5.97 Å². The quantitative estimate of drug-likeness (QED) is 0.504. The van der Waals surface area contributed by atoms with Gasteiger partial charge in [-0.2, -0.15) is 0 Å². The number of hydrogen-bond donors (Lipinski definition) is 0. The summed E-state index contributed by atoms with van der Waals surface area (Å²) in [5.74, 6) is -1.10. The van der Waals surface area contributed by atoms with Crippen molar-refractivity contribution in [2.24, 2.45) is 0 Å². The molecule has 0 atom stereocenters. The van der Waals surface area contributed by atoms with Crippen molar-refractivity contribution in [3.05, 3.63) is 57.2 Å². The van der Waals surface area contributed by atoms with Crippen LogP contribution in [-0.4, -0.2) is 39.2 Å². The third kappa shape index (κ3) is 4.57. The number of thioether (sulfide) groups is 1. The summed E-state index contributed by atoms with van der Waals surface area (Å²) in [4.78, 5) is 37.9. The number of aromatic nitrogens is 1. The summed E-state index contributed by atoms with van der Waals surface area (Å²) >= 11 is 6.80. The number of carbonyl (C=O) groups is 3. The van der Waals surface area contributed by atoms with E-state index in [1.54, 1.807) is 19.9 Å². The molecule has 8 heteroatoms. The Labute approximate surface area is 178 Å². The van der Waals surface area contributed by atoms with E-state index >= 15 is 0 Å². The van der Waals surface area contributed by atoms with Crippen molar-refractivity contribution in [3.8, 4) is 5.69 Å². The van der Waals surface area contributed by atoms with Crippen molar-refractivity contribution >= 4 is 46.6 Å². The first-order valence-electron chi connectivity index (χ1n) is 9.07. The van der Waals surface area contributed by atoms with Crippen molar-refractivity contribution in [2.45, 2.75) is 33.8 Å². The normalized spacial score (nSPS) is 15.7. The highest BCUT2D eigenvalue weighted by Gasteiger charge is 2.37. The first kappa shape index (κ1) is 21.2. The van der Waals surface area contributed by atoms with Crippen LogP contribution in [0.3, 0.4) is 0 Å². The average Bonchev–Trinajstić information content (AvgIpc) is 3.05. The minimum Gasteiger partial charge on any atom is -0.462 e. The van der Waals surface area contributed by atoms with Crippen LogP contribution >= 0.6 is 23.4 Å². The molecule has 0 aliphatic carbocycles. The largest absolute Gasteiger partial charge is 0.462 e. The maximum Gasteiger partial charge on any atom is 0.326 e. The molecule has 1 aliphatic rings. The molecule has 2 aromatic rings. The Morgan fingerprint density at radius 1 is 1.21 bits per heavy atom. The van der Waals surface area contributed by atoms with Gasteiger partial charge in [-0.1, -0.05) is 11.6 Å². The fourth-order valence-electron chi connectivity index (χ4n) is 3.13. The molecule has 3 rings (SSSR count). The van der Waals surface area contributed by atoms with Gasteiger partial charge in [-0.3, -0.25) is 19.3 Å². The minimum absolute atomic E-state index is 0.281. The van der Waals surface area contributed by atoms with E-state index in [0.717, 1.165) is 39.3 Å². The fraction of sp³-hybridized carbons (Fsp3) is 0.286. The smallest absolute Gasteiger partial charge is 0.326 e. The Bertz CT molecular complexity index is 1010. The number of carbonyl (C=O) groups excluding carboxylic acids is 3. The molecule has 0 N–H and O–H groups in total. The van der Waals surface area contributed by atoms with Crippen molar-refractivity contribution in [3.63, 3.8) is 0 Å². The number of halogens is 1. The zero-order valence-electron chi connectivity index (χ0n) is 16.6. The van der Waals surface area contributed by atoms with E-state index in [4.69, 9.17) is 16.3 Å². The highest BCUT2D eigenvalue weighted by Crippen LogP contribution is 2.33. The Morgan fingerprint density at radius 2 is 1.86 bits per heavy atom. The lowest BCUT2D eigenvalue weighted by Gasteiger charge is -2.13. The lowest BCUT2D eigenvalue weighted by atomic mass is 10.2. The molecule has 0 unspecified atom stereocenters. The van der Waals surface area contributed by atoms with Gasteiger partial charge in [0.05, 0.1) is 11.0 Å². The second kappa shape index (κ2) is 8.47. The lowest BCUT2D eigenvalue weighted by molar-refractivity contribution is -0.149. The molecule has 152 valence electrons. The fourth-order valence-corrected chi connectivity index (χ4v) is 4.08. The van der Waals surface area contributed by atoms with Crippen LogP contribution in [0, 0.1) is 13.8 Å². The zero-order chi connectivity index (χ0) is 21.3. The van der Waals surface area contributed by atoms with Crippen molar-refractivity contribution in [1.29, 1.82) is 0 Å². The van der Waals surface area contributed by atoms with Crippen LogP contribution in [0.5, 0.6) is 0 Å². The van der Waals surface area contributed by atoms with Crippen molar-refractivity contribution < 1.29 is 19.1 Å². The van der Waals surface area contributed by atoms with Gasteiger partial charge in [0.1, 0.15) is 6.54 Å². The van der Waals surface area contributed by atoms with E-state index in [2.05, 4.69) is 0 Å². The summed E-state index contributed by atoms with van der Waals surface area (Å²) < 4.78 is 7.08. The summed E-state index contributed by atoms with van der Waals surface area (Å²) in [6.07, 6.45) is 1.38. The second-order valence-corrected chi connectivity index (χ2v) is 8.37. The van der Waals surface area contributed by atoms with Gasteiger partial charge in [-0.15, -0.1) is 0 Å². The molecule has 1 aromatic carbocycles. The molecular formula is C21H21ClN2O4S. The molecule has 6 nitrogen and oxygen atoms in total. The molecule has 1 aliphatic heterocycles. The molecule has 29 heavy (non-hydrogen) atoms. The van der Waals surface area contributed by atoms with E-state index in [-0.39, 0.29) is 17.6 Å². The number of amides is 2. The van der Waals surface area contributed by atoms with E-state index in [0.29, 0.717) is 5.02 Å². The van der Waals surface area contributed by atoms with Gasteiger partial charge in [0.25, 0.3) is 11.1 Å². The van der Waals surface area contributed by atoms with E-state index in [1.807, 2.05) is 48.7 Å². The Hall–Kier alpha value is -2.51. The van der Waals surface area contributed by atoms with Crippen LogP contribution in [0.15, 0.2) is 35.2 Å². The lowest BCUT2D eigenvalue weighted by Crippen LogP contribution is -2.35. The highest BCUT2D eigenvalue weighted by atomic mass is 35.5. The SMILES string of the molecule is Cc1cc(/C=C2\SC(=O)N(CC(=O)OC(C)C)C2=O)c(C)n1-c1ccc(Cl)cc1. The van der Waals surface area contributed by atoms with E-state index in [9.17, 15) is 14.4 Å². The van der Waals surface area contributed by atoms with E-state index < -0.39 is 17.1 Å². The molecule has 0 radical (unpaired) electrons. The molecule has 2 heterocycles.